The Morgan fingerprint density at radius 3 is 2.48 bits per heavy atom. The average molecular weight is 283 g/mol. The summed E-state index contributed by atoms with van der Waals surface area (Å²) in [6.45, 7) is 7.80. The first-order valence-corrected chi connectivity index (χ1v) is 7.97. The van der Waals surface area contributed by atoms with Gasteiger partial charge in [0.15, 0.2) is 0 Å². The predicted molar refractivity (Wildman–Crippen MR) is 88.5 cm³/mol. The molecule has 2 aromatic carbocycles. The van der Waals surface area contributed by atoms with E-state index in [9.17, 15) is 5.11 Å². The highest BCUT2D eigenvalue weighted by atomic mass is 16.3. The van der Waals surface area contributed by atoms with Gasteiger partial charge in [-0.05, 0) is 36.5 Å². The lowest BCUT2D eigenvalue weighted by Crippen LogP contribution is -2.29. The zero-order valence-electron chi connectivity index (χ0n) is 13.2. The second-order valence-electron chi connectivity index (χ2n) is 6.84. The Labute approximate surface area is 127 Å². The molecule has 0 aromatic heterocycles. The molecule has 0 bridgehead atoms. The fourth-order valence-corrected chi connectivity index (χ4v) is 3.21. The minimum absolute atomic E-state index is 0.172. The van der Waals surface area contributed by atoms with E-state index < -0.39 is 0 Å². The van der Waals surface area contributed by atoms with E-state index >= 15 is 0 Å². The molecule has 0 radical (unpaired) electrons. The molecule has 1 aliphatic carbocycles. The molecular weight excluding hydrogens is 258 g/mol. The minimum atomic E-state index is 0.172. The van der Waals surface area contributed by atoms with Crippen LogP contribution >= 0.6 is 0 Å². The normalized spacial score (nSPS) is 18.1. The minimum Gasteiger partial charge on any atom is -0.507 e. The van der Waals surface area contributed by atoms with Crippen molar-refractivity contribution in [3.05, 3.63) is 42.0 Å². The second kappa shape index (κ2) is 5.34. The van der Waals surface area contributed by atoms with Gasteiger partial charge in [0.2, 0.25) is 0 Å². The molecule has 0 heterocycles. The van der Waals surface area contributed by atoms with Crippen LogP contribution in [0.2, 0.25) is 0 Å². The Bertz CT molecular complexity index is 643. The van der Waals surface area contributed by atoms with Gasteiger partial charge in [-0.15, -0.1) is 0 Å². The number of aromatic hydroxyl groups is 1. The zero-order chi connectivity index (χ0) is 15.0. The first kappa shape index (κ1) is 14.4. The first-order chi connectivity index (χ1) is 10.0. The average Bonchev–Trinajstić information content (AvgIpc) is 3.27. The van der Waals surface area contributed by atoms with Crippen molar-refractivity contribution < 1.29 is 5.11 Å². The fourth-order valence-electron chi connectivity index (χ4n) is 3.21. The molecular formula is C19H25NO. The van der Waals surface area contributed by atoms with Crippen molar-refractivity contribution in [2.45, 2.75) is 39.7 Å². The van der Waals surface area contributed by atoms with E-state index in [1.165, 1.54) is 12.8 Å². The summed E-state index contributed by atoms with van der Waals surface area (Å²) in [6, 6.07) is 12.3. The smallest absolute Gasteiger partial charge is 0.128 e. The molecule has 21 heavy (non-hydrogen) atoms. The third kappa shape index (κ3) is 2.65. The zero-order valence-corrected chi connectivity index (χ0v) is 13.2. The molecule has 1 saturated carbocycles. The Kier molecular flexibility index (Phi) is 3.66. The number of nitrogens with one attached hydrogen (secondary N) is 1. The van der Waals surface area contributed by atoms with Crippen LogP contribution in [0.1, 0.15) is 45.2 Å². The van der Waals surface area contributed by atoms with Crippen LogP contribution in [-0.2, 0) is 0 Å². The van der Waals surface area contributed by atoms with Crippen LogP contribution in [0.4, 0.5) is 0 Å². The maximum Gasteiger partial charge on any atom is 0.128 e. The van der Waals surface area contributed by atoms with Gasteiger partial charge in [0.1, 0.15) is 5.75 Å². The van der Waals surface area contributed by atoms with Crippen LogP contribution in [-0.4, -0.2) is 11.7 Å². The molecule has 1 atom stereocenters. The third-order valence-electron chi connectivity index (χ3n) is 5.28. The Balaban J connectivity index is 1.78. The van der Waals surface area contributed by atoms with Crippen molar-refractivity contribution in [2.75, 3.05) is 6.54 Å². The van der Waals surface area contributed by atoms with Gasteiger partial charge in [-0.3, -0.25) is 0 Å². The van der Waals surface area contributed by atoms with Crippen molar-refractivity contribution in [1.29, 1.82) is 0 Å². The molecule has 1 fully saturated rings. The number of phenolic OH excluding ortho intramolecular Hbond substituents is 1. The Morgan fingerprint density at radius 1 is 1.10 bits per heavy atom. The largest absolute Gasteiger partial charge is 0.507 e. The summed E-state index contributed by atoms with van der Waals surface area (Å²) in [5.41, 5.74) is 1.48. The van der Waals surface area contributed by atoms with E-state index in [-0.39, 0.29) is 6.04 Å². The maximum atomic E-state index is 10.5. The SMILES string of the molecule is CC(NCC1(C(C)C)CC1)c1ccc2ccccc2c1O. The Hall–Kier alpha value is -1.54. The van der Waals surface area contributed by atoms with Gasteiger partial charge < -0.3 is 10.4 Å². The molecule has 2 nitrogen and oxygen atoms in total. The Morgan fingerprint density at radius 2 is 1.81 bits per heavy atom. The molecule has 2 N–H and O–H groups in total. The molecule has 0 spiro atoms. The van der Waals surface area contributed by atoms with E-state index in [4.69, 9.17) is 0 Å². The summed E-state index contributed by atoms with van der Waals surface area (Å²) < 4.78 is 0. The van der Waals surface area contributed by atoms with Crippen LogP contribution < -0.4 is 5.32 Å². The van der Waals surface area contributed by atoms with Crippen LogP contribution in [0, 0.1) is 11.3 Å². The van der Waals surface area contributed by atoms with Crippen LogP contribution in [0.5, 0.6) is 5.75 Å². The molecule has 0 saturated heterocycles. The van der Waals surface area contributed by atoms with Gasteiger partial charge in [-0.25, -0.2) is 0 Å². The standard InChI is InChI=1S/C19H25NO/c1-13(2)19(10-11-19)12-20-14(3)16-9-8-15-6-4-5-7-17(15)18(16)21/h4-9,13-14,20-21H,10-12H2,1-3H3. The number of hydrogen-bond donors (Lipinski definition) is 2. The summed E-state index contributed by atoms with van der Waals surface area (Å²) in [4.78, 5) is 0. The van der Waals surface area contributed by atoms with E-state index in [2.05, 4.69) is 32.2 Å². The summed E-state index contributed by atoms with van der Waals surface area (Å²) in [6.07, 6.45) is 2.65. The maximum absolute atomic E-state index is 10.5. The van der Waals surface area contributed by atoms with Crippen molar-refractivity contribution in [1.82, 2.24) is 5.32 Å². The predicted octanol–water partition coefficient (Wildman–Crippen LogP) is 4.63. The summed E-state index contributed by atoms with van der Waals surface area (Å²) in [5, 5.41) is 16.2. The first-order valence-electron chi connectivity index (χ1n) is 7.97. The van der Waals surface area contributed by atoms with E-state index in [1.807, 2.05) is 30.3 Å². The molecule has 0 amide bonds. The molecule has 0 aliphatic heterocycles. The molecule has 2 aromatic rings. The van der Waals surface area contributed by atoms with Gasteiger partial charge in [-0.1, -0.05) is 50.2 Å². The van der Waals surface area contributed by atoms with Crippen molar-refractivity contribution in [2.24, 2.45) is 11.3 Å². The molecule has 1 unspecified atom stereocenters. The number of hydrogen-bond acceptors (Lipinski definition) is 2. The number of benzene rings is 2. The van der Waals surface area contributed by atoms with E-state index in [0.29, 0.717) is 11.2 Å². The highest BCUT2D eigenvalue weighted by molar-refractivity contribution is 5.89. The van der Waals surface area contributed by atoms with Crippen LogP contribution in [0.15, 0.2) is 36.4 Å². The molecule has 1 aliphatic rings. The summed E-state index contributed by atoms with van der Waals surface area (Å²) in [7, 11) is 0. The van der Waals surface area contributed by atoms with Crippen LogP contribution in [0.3, 0.4) is 0 Å². The molecule has 112 valence electrons. The topological polar surface area (TPSA) is 32.3 Å². The lowest BCUT2D eigenvalue weighted by Gasteiger charge is -2.24. The lowest BCUT2D eigenvalue weighted by molar-refractivity contribution is 0.323. The second-order valence-corrected chi connectivity index (χ2v) is 6.84. The van der Waals surface area contributed by atoms with Gasteiger partial charge in [-0.2, -0.15) is 0 Å². The van der Waals surface area contributed by atoms with Crippen molar-refractivity contribution in [3.63, 3.8) is 0 Å². The highest BCUT2D eigenvalue weighted by Gasteiger charge is 2.44. The fraction of sp³-hybridized carbons (Fsp3) is 0.474. The third-order valence-corrected chi connectivity index (χ3v) is 5.28. The number of fused-ring (bicyclic) bond motifs is 1. The number of phenols is 1. The van der Waals surface area contributed by atoms with Gasteiger partial charge in [0, 0.05) is 23.5 Å². The monoisotopic (exact) mass is 283 g/mol. The molecule has 3 rings (SSSR count). The summed E-state index contributed by atoms with van der Waals surface area (Å²) in [5.74, 6) is 1.14. The molecule has 2 heteroatoms. The number of rotatable bonds is 5. The van der Waals surface area contributed by atoms with Gasteiger partial charge in [0.25, 0.3) is 0 Å². The van der Waals surface area contributed by atoms with Gasteiger partial charge in [0.05, 0.1) is 0 Å². The van der Waals surface area contributed by atoms with Crippen molar-refractivity contribution in [3.8, 4) is 5.75 Å². The van der Waals surface area contributed by atoms with E-state index in [1.54, 1.807) is 0 Å². The summed E-state index contributed by atoms with van der Waals surface area (Å²) >= 11 is 0. The quantitative estimate of drug-likeness (QED) is 0.838. The lowest BCUT2D eigenvalue weighted by atomic mass is 9.91. The van der Waals surface area contributed by atoms with Crippen LogP contribution in [0.25, 0.3) is 10.8 Å². The van der Waals surface area contributed by atoms with Crippen molar-refractivity contribution >= 4 is 10.8 Å². The highest BCUT2D eigenvalue weighted by Crippen LogP contribution is 2.51. The van der Waals surface area contributed by atoms with E-state index in [0.717, 1.165) is 28.8 Å². The van der Waals surface area contributed by atoms with Gasteiger partial charge >= 0.3 is 0 Å².